The van der Waals surface area contributed by atoms with Gasteiger partial charge in [-0.15, -0.1) is 11.3 Å². The maximum absolute atomic E-state index is 12.1. The Labute approximate surface area is 126 Å². The summed E-state index contributed by atoms with van der Waals surface area (Å²) < 4.78 is 5.94. The molecule has 0 bridgehead atoms. The number of rotatable bonds is 4. The van der Waals surface area contributed by atoms with Gasteiger partial charge in [0, 0.05) is 10.6 Å². The van der Waals surface area contributed by atoms with E-state index in [2.05, 4.69) is 10.3 Å². The van der Waals surface area contributed by atoms with E-state index in [4.69, 9.17) is 17.0 Å². The molecule has 1 aromatic heterocycles. The van der Waals surface area contributed by atoms with Gasteiger partial charge in [0.05, 0.1) is 19.2 Å². The predicted molar refractivity (Wildman–Crippen MR) is 84.3 cm³/mol. The second kappa shape index (κ2) is 6.19. The molecule has 1 aromatic carbocycles. The van der Waals surface area contributed by atoms with Gasteiger partial charge in [-0.3, -0.25) is 4.79 Å². The fraction of sp³-hybridized carbons (Fsp3) is 0.286. The van der Waals surface area contributed by atoms with Crippen LogP contribution in [-0.4, -0.2) is 18.0 Å². The van der Waals surface area contributed by atoms with Crippen LogP contribution in [0.1, 0.15) is 16.1 Å². The summed E-state index contributed by atoms with van der Waals surface area (Å²) in [5.74, 6) is 0.574. The molecule has 1 amide bonds. The van der Waals surface area contributed by atoms with Crippen LogP contribution < -0.4 is 10.1 Å². The minimum Gasteiger partial charge on any atom is -0.495 e. The predicted octanol–water partition coefficient (Wildman–Crippen LogP) is 3.61. The maximum Gasteiger partial charge on any atom is 0.229 e. The van der Waals surface area contributed by atoms with Gasteiger partial charge in [-0.25, -0.2) is 0 Å². The third-order valence-electron chi connectivity index (χ3n) is 2.87. The molecule has 2 rings (SSSR count). The van der Waals surface area contributed by atoms with Crippen molar-refractivity contribution in [2.45, 2.75) is 20.3 Å². The largest absolute Gasteiger partial charge is 0.495 e. The van der Waals surface area contributed by atoms with Crippen molar-refractivity contribution < 1.29 is 9.53 Å². The lowest BCUT2D eigenvalue weighted by atomic mass is 10.2. The molecule has 0 radical (unpaired) electrons. The average molecular weight is 308 g/mol. The Morgan fingerprint density at radius 1 is 1.45 bits per heavy atom. The van der Waals surface area contributed by atoms with Crippen LogP contribution >= 0.6 is 23.6 Å². The van der Waals surface area contributed by atoms with E-state index in [1.54, 1.807) is 7.11 Å². The van der Waals surface area contributed by atoms with E-state index in [9.17, 15) is 4.79 Å². The van der Waals surface area contributed by atoms with Crippen LogP contribution in [0.2, 0.25) is 0 Å². The number of carbonyl (C=O) groups is 1. The summed E-state index contributed by atoms with van der Waals surface area (Å²) in [5, 5.41) is 2.88. The Morgan fingerprint density at radius 2 is 2.20 bits per heavy atom. The van der Waals surface area contributed by atoms with Crippen LogP contribution in [-0.2, 0) is 11.2 Å². The molecule has 0 saturated heterocycles. The van der Waals surface area contributed by atoms with Crippen LogP contribution in [0.15, 0.2) is 18.2 Å². The van der Waals surface area contributed by atoms with Crippen molar-refractivity contribution in [3.63, 3.8) is 0 Å². The van der Waals surface area contributed by atoms with E-state index < -0.39 is 0 Å². The highest BCUT2D eigenvalue weighted by molar-refractivity contribution is 7.73. The van der Waals surface area contributed by atoms with Crippen molar-refractivity contribution in [3.05, 3.63) is 38.3 Å². The third-order valence-corrected chi connectivity index (χ3v) is 4.21. The Bertz CT molecular complexity index is 689. The monoisotopic (exact) mass is 308 g/mol. The lowest BCUT2D eigenvalue weighted by Crippen LogP contribution is -2.15. The van der Waals surface area contributed by atoms with Crippen molar-refractivity contribution in [1.29, 1.82) is 0 Å². The zero-order chi connectivity index (χ0) is 14.7. The molecule has 1 heterocycles. The number of benzene rings is 1. The molecule has 2 aromatic rings. The first kappa shape index (κ1) is 14.7. The molecular formula is C14H16N2O2S2. The van der Waals surface area contributed by atoms with Gasteiger partial charge < -0.3 is 15.0 Å². The van der Waals surface area contributed by atoms with Crippen molar-refractivity contribution in [2.75, 3.05) is 12.4 Å². The molecule has 0 unspecified atom stereocenters. The summed E-state index contributed by atoms with van der Waals surface area (Å²) in [6, 6.07) is 5.68. The van der Waals surface area contributed by atoms with E-state index in [1.807, 2.05) is 32.0 Å². The van der Waals surface area contributed by atoms with Gasteiger partial charge >= 0.3 is 0 Å². The van der Waals surface area contributed by atoms with Gasteiger partial charge in [0.25, 0.3) is 0 Å². The molecule has 0 aliphatic heterocycles. The number of amides is 1. The topological polar surface area (TPSA) is 54.1 Å². The highest BCUT2D eigenvalue weighted by Crippen LogP contribution is 2.25. The number of ether oxygens (including phenoxy) is 1. The number of methoxy groups -OCH3 is 1. The number of aromatic nitrogens is 1. The van der Waals surface area contributed by atoms with Crippen molar-refractivity contribution in [1.82, 2.24) is 4.98 Å². The lowest BCUT2D eigenvalue weighted by molar-refractivity contribution is -0.115. The number of thiazole rings is 1. The number of anilines is 1. The van der Waals surface area contributed by atoms with Gasteiger partial charge in [-0.1, -0.05) is 6.07 Å². The van der Waals surface area contributed by atoms with Crippen molar-refractivity contribution in [2.24, 2.45) is 0 Å². The van der Waals surface area contributed by atoms with Gasteiger partial charge in [-0.2, -0.15) is 0 Å². The number of hydrogen-bond donors (Lipinski definition) is 2. The summed E-state index contributed by atoms with van der Waals surface area (Å²) in [5.41, 5.74) is 2.70. The number of aromatic amines is 1. The third kappa shape index (κ3) is 3.46. The van der Waals surface area contributed by atoms with E-state index in [1.165, 1.54) is 11.3 Å². The SMILES string of the molecule is COc1ccc(C)cc1NC(=O)Cc1sc(=S)[nH]c1C. The van der Waals surface area contributed by atoms with E-state index in [-0.39, 0.29) is 5.91 Å². The Hall–Kier alpha value is -1.66. The van der Waals surface area contributed by atoms with Crippen LogP contribution in [0.3, 0.4) is 0 Å². The zero-order valence-corrected chi connectivity index (χ0v) is 13.2. The molecule has 0 spiro atoms. The molecule has 0 aliphatic rings. The summed E-state index contributed by atoms with van der Waals surface area (Å²) in [6.07, 6.45) is 0.306. The quantitative estimate of drug-likeness (QED) is 0.848. The first-order valence-corrected chi connectivity index (χ1v) is 7.35. The maximum atomic E-state index is 12.1. The Kier molecular flexibility index (Phi) is 4.57. The standard InChI is InChI=1S/C14H16N2O2S2/c1-8-4-5-11(18-3)10(6-8)16-13(17)7-12-9(2)15-14(19)20-12/h4-6H,7H2,1-3H3,(H,15,19)(H,16,17). The molecule has 4 nitrogen and oxygen atoms in total. The summed E-state index contributed by atoms with van der Waals surface area (Å²) in [4.78, 5) is 16.1. The molecule has 6 heteroatoms. The number of H-pyrrole nitrogens is 1. The number of hydrogen-bond acceptors (Lipinski definition) is 4. The normalized spacial score (nSPS) is 10.3. The minimum atomic E-state index is -0.0813. The number of carbonyl (C=O) groups excluding carboxylic acids is 1. The number of nitrogens with one attached hydrogen (secondary N) is 2. The molecule has 0 fully saturated rings. The molecule has 106 valence electrons. The summed E-state index contributed by atoms with van der Waals surface area (Å²) in [7, 11) is 1.59. The van der Waals surface area contributed by atoms with E-state index >= 15 is 0 Å². The minimum absolute atomic E-state index is 0.0813. The Morgan fingerprint density at radius 3 is 2.80 bits per heavy atom. The van der Waals surface area contributed by atoms with Gasteiger partial charge in [0.1, 0.15) is 5.75 Å². The van der Waals surface area contributed by atoms with Crippen molar-refractivity contribution >= 4 is 35.1 Å². The molecule has 0 aliphatic carbocycles. The fourth-order valence-electron chi connectivity index (χ4n) is 1.87. The smallest absolute Gasteiger partial charge is 0.229 e. The highest BCUT2D eigenvalue weighted by Gasteiger charge is 2.11. The number of aryl methyl sites for hydroxylation is 2. The Balaban J connectivity index is 2.14. The van der Waals surface area contributed by atoms with Crippen LogP contribution in [0.25, 0.3) is 0 Å². The molecule has 0 saturated carbocycles. The second-order valence-electron chi connectivity index (χ2n) is 4.49. The zero-order valence-electron chi connectivity index (χ0n) is 11.6. The van der Waals surface area contributed by atoms with E-state index in [0.717, 1.165) is 16.1 Å². The lowest BCUT2D eigenvalue weighted by Gasteiger charge is -2.10. The van der Waals surface area contributed by atoms with Gasteiger partial charge in [-0.05, 0) is 43.8 Å². The van der Waals surface area contributed by atoms with Crippen LogP contribution in [0, 0.1) is 17.8 Å². The van der Waals surface area contributed by atoms with Gasteiger partial charge in [0.15, 0.2) is 3.95 Å². The first-order chi connectivity index (χ1) is 9.49. The summed E-state index contributed by atoms with van der Waals surface area (Å²) in [6.45, 7) is 3.89. The highest BCUT2D eigenvalue weighted by atomic mass is 32.1. The second-order valence-corrected chi connectivity index (χ2v) is 6.26. The van der Waals surface area contributed by atoms with Crippen LogP contribution in [0.4, 0.5) is 5.69 Å². The van der Waals surface area contributed by atoms with Gasteiger partial charge in [0.2, 0.25) is 5.91 Å². The molecular weight excluding hydrogens is 292 g/mol. The fourth-order valence-corrected chi connectivity index (χ4v) is 3.16. The summed E-state index contributed by atoms with van der Waals surface area (Å²) >= 11 is 6.50. The molecule has 20 heavy (non-hydrogen) atoms. The molecule has 2 N–H and O–H groups in total. The van der Waals surface area contributed by atoms with E-state index in [0.29, 0.717) is 21.8 Å². The van der Waals surface area contributed by atoms with Crippen molar-refractivity contribution in [3.8, 4) is 5.75 Å². The van der Waals surface area contributed by atoms with Crippen LogP contribution in [0.5, 0.6) is 5.75 Å². The average Bonchev–Trinajstić information content (AvgIpc) is 2.68. The first-order valence-electron chi connectivity index (χ1n) is 6.12. The molecule has 0 atom stereocenters.